The van der Waals surface area contributed by atoms with Gasteiger partial charge in [-0.2, -0.15) is 4.68 Å². The summed E-state index contributed by atoms with van der Waals surface area (Å²) in [7, 11) is 1.84. The second-order valence-electron chi connectivity index (χ2n) is 4.88. The Morgan fingerprint density at radius 1 is 1.30 bits per heavy atom. The van der Waals surface area contributed by atoms with E-state index < -0.39 is 0 Å². The van der Waals surface area contributed by atoms with E-state index in [1.165, 1.54) is 16.4 Å². The molecule has 0 saturated carbocycles. The fourth-order valence-corrected chi connectivity index (χ4v) is 2.95. The van der Waals surface area contributed by atoms with Crippen molar-refractivity contribution in [2.45, 2.75) is 12.1 Å². The lowest BCUT2D eigenvalue weighted by Gasteiger charge is -2.07. The molecule has 0 fully saturated rings. The topological polar surface area (TPSA) is 70.5 Å². The first kappa shape index (κ1) is 15.3. The minimum Gasteiger partial charge on any atom is -0.283 e. The predicted molar refractivity (Wildman–Crippen MR) is 89.4 cm³/mol. The van der Waals surface area contributed by atoms with Gasteiger partial charge in [-0.3, -0.25) is 9.48 Å². The first-order chi connectivity index (χ1) is 11.1. The number of para-hydroxylation sites is 1. The van der Waals surface area contributed by atoms with Crippen molar-refractivity contribution in [3.8, 4) is 11.4 Å². The molecule has 0 aliphatic rings. The minimum absolute atomic E-state index is 0.163. The highest BCUT2D eigenvalue weighted by Crippen LogP contribution is 2.19. The maximum Gasteiger partial charge on any atom is 0.297 e. The summed E-state index contributed by atoms with van der Waals surface area (Å²) >= 11 is 1.43. The van der Waals surface area contributed by atoms with Gasteiger partial charge in [-0.05, 0) is 29.5 Å². The minimum atomic E-state index is -0.163. The van der Waals surface area contributed by atoms with Gasteiger partial charge in [0.15, 0.2) is 5.69 Å². The maximum atomic E-state index is 12.9. The molecule has 0 spiro atoms. The van der Waals surface area contributed by atoms with Crippen LogP contribution in [0.3, 0.4) is 0 Å². The number of hydrogen-bond donors (Lipinski definition) is 0. The van der Waals surface area contributed by atoms with Gasteiger partial charge in [0.2, 0.25) is 5.16 Å². The Morgan fingerprint density at radius 3 is 2.74 bits per heavy atom. The summed E-state index contributed by atoms with van der Waals surface area (Å²) in [5.74, 6) is 0.666. The molecule has 0 unspecified atom stereocenters. The molecule has 0 N–H and O–H groups in total. The number of rotatable bonds is 5. The zero-order valence-electron chi connectivity index (χ0n) is 12.9. The molecule has 8 heteroatoms. The normalized spacial score (nSPS) is 10.9. The third kappa shape index (κ3) is 2.61. The standard InChI is InChI=1S/C15H16N6OS/c1-4-10-23-15-16-17-18-20(15)13-11(2)19(3)21(14(13)22)12-8-6-5-7-9-12/h4-9H,1,10H2,2-3H3. The molecule has 23 heavy (non-hydrogen) atoms. The van der Waals surface area contributed by atoms with Crippen molar-refractivity contribution in [3.63, 3.8) is 0 Å². The van der Waals surface area contributed by atoms with Crippen LogP contribution in [0.1, 0.15) is 5.69 Å². The molecule has 2 aromatic heterocycles. The van der Waals surface area contributed by atoms with Crippen molar-refractivity contribution in [2.75, 3.05) is 5.75 Å². The van der Waals surface area contributed by atoms with Crippen LogP contribution in [-0.4, -0.2) is 35.3 Å². The number of thioether (sulfide) groups is 1. The molecule has 0 aliphatic heterocycles. The molecule has 0 atom stereocenters. The van der Waals surface area contributed by atoms with E-state index in [0.717, 1.165) is 11.4 Å². The number of tetrazole rings is 1. The molecule has 0 saturated heterocycles. The van der Waals surface area contributed by atoms with Crippen molar-refractivity contribution in [1.82, 2.24) is 29.6 Å². The summed E-state index contributed by atoms with van der Waals surface area (Å²) in [6.07, 6.45) is 1.77. The number of aromatic nitrogens is 6. The van der Waals surface area contributed by atoms with Crippen LogP contribution in [0.5, 0.6) is 0 Å². The van der Waals surface area contributed by atoms with E-state index in [2.05, 4.69) is 22.1 Å². The Kier molecular flexibility index (Phi) is 4.16. The van der Waals surface area contributed by atoms with Gasteiger partial charge in [-0.15, -0.1) is 11.7 Å². The van der Waals surface area contributed by atoms with E-state index in [-0.39, 0.29) is 5.56 Å². The van der Waals surface area contributed by atoms with Gasteiger partial charge in [-0.1, -0.05) is 36.0 Å². The summed E-state index contributed by atoms with van der Waals surface area (Å²) < 4.78 is 4.90. The highest BCUT2D eigenvalue weighted by Gasteiger charge is 2.21. The fraction of sp³-hybridized carbons (Fsp3) is 0.200. The van der Waals surface area contributed by atoms with Crippen LogP contribution in [0, 0.1) is 6.92 Å². The van der Waals surface area contributed by atoms with Crippen molar-refractivity contribution in [3.05, 3.63) is 59.0 Å². The van der Waals surface area contributed by atoms with Crippen molar-refractivity contribution < 1.29 is 0 Å². The largest absolute Gasteiger partial charge is 0.297 e. The lowest BCUT2D eigenvalue weighted by molar-refractivity contribution is 0.630. The van der Waals surface area contributed by atoms with Crippen LogP contribution in [0.4, 0.5) is 0 Å². The van der Waals surface area contributed by atoms with Crippen LogP contribution in [0.25, 0.3) is 11.4 Å². The van der Waals surface area contributed by atoms with Crippen LogP contribution >= 0.6 is 11.8 Å². The summed E-state index contributed by atoms with van der Waals surface area (Å²) in [4.78, 5) is 12.9. The molecule has 7 nitrogen and oxygen atoms in total. The molecule has 0 aliphatic carbocycles. The summed E-state index contributed by atoms with van der Waals surface area (Å²) in [5, 5.41) is 12.2. The van der Waals surface area contributed by atoms with Gasteiger partial charge >= 0.3 is 0 Å². The molecule has 3 aromatic rings. The Morgan fingerprint density at radius 2 is 2.04 bits per heavy atom. The van der Waals surface area contributed by atoms with Crippen LogP contribution in [0.2, 0.25) is 0 Å². The smallest absolute Gasteiger partial charge is 0.283 e. The lowest BCUT2D eigenvalue weighted by atomic mass is 10.3. The highest BCUT2D eigenvalue weighted by molar-refractivity contribution is 7.99. The fourth-order valence-electron chi connectivity index (χ4n) is 2.34. The van der Waals surface area contributed by atoms with E-state index in [9.17, 15) is 4.79 Å². The zero-order chi connectivity index (χ0) is 16.4. The Hall–Kier alpha value is -2.61. The predicted octanol–water partition coefficient (Wildman–Crippen LogP) is 1.74. The second kappa shape index (κ2) is 6.25. The van der Waals surface area contributed by atoms with E-state index in [0.29, 0.717) is 16.6 Å². The second-order valence-corrected chi connectivity index (χ2v) is 5.87. The van der Waals surface area contributed by atoms with E-state index in [1.807, 2.05) is 44.3 Å². The average Bonchev–Trinajstić information content (AvgIpc) is 3.09. The van der Waals surface area contributed by atoms with Gasteiger partial charge in [0.25, 0.3) is 5.56 Å². The summed E-state index contributed by atoms with van der Waals surface area (Å²) in [5.41, 5.74) is 1.87. The Bertz CT molecular complexity index is 893. The third-order valence-electron chi connectivity index (χ3n) is 3.51. The molecule has 0 bridgehead atoms. The quantitative estimate of drug-likeness (QED) is 0.527. The lowest BCUT2D eigenvalue weighted by Crippen LogP contribution is -2.22. The van der Waals surface area contributed by atoms with Crippen molar-refractivity contribution in [2.24, 2.45) is 7.05 Å². The molecule has 0 amide bonds. The summed E-state index contributed by atoms with van der Waals surface area (Å²) in [6, 6.07) is 9.48. The SMILES string of the molecule is C=CCSc1nnnn1-c1c(C)n(C)n(-c2ccccc2)c1=O. The number of benzene rings is 1. The zero-order valence-corrected chi connectivity index (χ0v) is 13.7. The van der Waals surface area contributed by atoms with E-state index >= 15 is 0 Å². The van der Waals surface area contributed by atoms with Crippen molar-refractivity contribution in [1.29, 1.82) is 0 Å². The van der Waals surface area contributed by atoms with Crippen LogP contribution in [-0.2, 0) is 7.05 Å². The van der Waals surface area contributed by atoms with Crippen LogP contribution < -0.4 is 5.56 Å². The van der Waals surface area contributed by atoms with Gasteiger partial charge in [0.05, 0.1) is 11.4 Å². The monoisotopic (exact) mass is 328 g/mol. The van der Waals surface area contributed by atoms with E-state index in [1.54, 1.807) is 15.4 Å². The Labute approximate surface area is 137 Å². The third-order valence-corrected chi connectivity index (χ3v) is 4.42. The number of hydrogen-bond acceptors (Lipinski definition) is 5. The number of nitrogens with zero attached hydrogens (tertiary/aromatic N) is 6. The molecular formula is C15H16N6OS. The highest BCUT2D eigenvalue weighted by atomic mass is 32.2. The van der Waals surface area contributed by atoms with Gasteiger partial charge in [0, 0.05) is 12.8 Å². The molecule has 3 rings (SSSR count). The van der Waals surface area contributed by atoms with E-state index in [4.69, 9.17) is 0 Å². The first-order valence-corrected chi connectivity index (χ1v) is 8.00. The van der Waals surface area contributed by atoms with Gasteiger partial charge in [0.1, 0.15) is 0 Å². The van der Waals surface area contributed by atoms with Gasteiger partial charge in [-0.25, -0.2) is 4.68 Å². The summed E-state index contributed by atoms with van der Waals surface area (Å²) in [6.45, 7) is 5.56. The van der Waals surface area contributed by atoms with Crippen molar-refractivity contribution >= 4 is 11.8 Å². The molecule has 1 aromatic carbocycles. The molecule has 118 valence electrons. The first-order valence-electron chi connectivity index (χ1n) is 7.01. The molecular weight excluding hydrogens is 312 g/mol. The van der Waals surface area contributed by atoms with Gasteiger partial charge < -0.3 is 0 Å². The van der Waals surface area contributed by atoms with Crippen LogP contribution in [0.15, 0.2) is 52.9 Å². The molecule has 2 heterocycles. The maximum absolute atomic E-state index is 12.9. The Balaban J connectivity index is 2.18. The average molecular weight is 328 g/mol. The molecule has 0 radical (unpaired) electrons.